The van der Waals surface area contributed by atoms with Crippen LogP contribution in [0.25, 0.3) is 0 Å². The fourth-order valence-electron chi connectivity index (χ4n) is 3.62. The Morgan fingerprint density at radius 2 is 1.38 bits per heavy atom. The maximum Gasteiger partial charge on any atom is 0.416 e. The van der Waals surface area contributed by atoms with E-state index in [1.165, 1.54) is 41.6 Å². The molecule has 0 radical (unpaired) electrons. The van der Waals surface area contributed by atoms with Gasteiger partial charge in [-0.2, -0.15) is 13.2 Å². The van der Waals surface area contributed by atoms with Crippen LogP contribution in [-0.2, 0) is 30.7 Å². The van der Waals surface area contributed by atoms with E-state index >= 15 is 0 Å². The second-order valence-corrected chi connectivity index (χ2v) is 11.7. The molecule has 1 aliphatic rings. The van der Waals surface area contributed by atoms with Crippen LogP contribution in [0.3, 0.4) is 0 Å². The van der Waals surface area contributed by atoms with Gasteiger partial charge in [0.1, 0.15) is 0 Å². The summed E-state index contributed by atoms with van der Waals surface area (Å²) in [7, 11) is -8.00. The molecule has 0 spiro atoms. The van der Waals surface area contributed by atoms with E-state index in [4.69, 9.17) is 11.6 Å². The van der Waals surface area contributed by atoms with E-state index < -0.39 is 31.5 Å². The maximum atomic E-state index is 13.8. The van der Waals surface area contributed by atoms with Crippen molar-refractivity contribution in [1.82, 2.24) is 0 Å². The van der Waals surface area contributed by atoms with Gasteiger partial charge in [-0.1, -0.05) is 29.8 Å². The molecule has 4 rings (SSSR count). The highest BCUT2D eigenvalue weighted by molar-refractivity contribution is 8.02. The number of carbonyl (C=O) groups excluding carboxylic acids is 1. The number of sulfonamides is 1. The molecule has 0 saturated heterocycles. The fourth-order valence-corrected chi connectivity index (χ4v) is 6.98. The van der Waals surface area contributed by atoms with Crippen LogP contribution in [-0.4, -0.2) is 30.9 Å². The van der Waals surface area contributed by atoms with E-state index in [0.29, 0.717) is 11.1 Å². The first kappa shape index (κ1) is 24.2. The molecule has 12 heteroatoms. The van der Waals surface area contributed by atoms with Crippen LogP contribution in [0, 0.1) is 0 Å². The van der Waals surface area contributed by atoms with Gasteiger partial charge in [0.15, 0.2) is 9.71 Å². The Hall–Kier alpha value is -2.98. The normalized spacial score (nSPS) is 15.9. The first-order valence-corrected chi connectivity index (χ1v) is 13.1. The number of nitrogens with zero attached hydrogens (tertiary/aromatic N) is 2. The first-order chi connectivity index (χ1) is 16.0. The van der Waals surface area contributed by atoms with Crippen molar-refractivity contribution in [3.05, 3.63) is 83.4 Å². The van der Waals surface area contributed by atoms with Crippen molar-refractivity contribution in [2.75, 3.05) is 21.7 Å². The molecular weight excluding hydrogens is 513 g/mol. The first-order valence-electron chi connectivity index (χ1n) is 9.74. The Balaban J connectivity index is 1.83. The molecule has 1 aliphatic heterocycles. The second kappa shape index (κ2) is 8.66. The van der Waals surface area contributed by atoms with Gasteiger partial charge in [-0.25, -0.2) is 17.4 Å². The third-order valence-electron chi connectivity index (χ3n) is 5.23. The lowest BCUT2D eigenvalue weighted by Gasteiger charge is -2.38. The fraction of sp³-hybridized carbons (Fsp3) is 0.136. The molecule has 0 aromatic heterocycles. The number of hydrogen-bond donors (Lipinski definition) is 0. The highest BCUT2D eigenvalue weighted by Gasteiger charge is 2.37. The molecule has 1 atom stereocenters. The SMILES string of the molecule is O=C=S(=O)(c1cccc(C(F)(F)F)c1)N1CCN(S(=O)(=O)c2ccc(Cl)cc2)c2ccccc21. The molecule has 3 aromatic carbocycles. The van der Waals surface area contributed by atoms with Gasteiger partial charge in [0.2, 0.25) is 5.23 Å². The minimum atomic E-state index is -4.71. The highest BCUT2D eigenvalue weighted by Crippen LogP contribution is 2.40. The van der Waals surface area contributed by atoms with E-state index in [-0.39, 0.29) is 34.3 Å². The van der Waals surface area contributed by atoms with Crippen molar-refractivity contribution >= 4 is 47.9 Å². The summed E-state index contributed by atoms with van der Waals surface area (Å²) in [5, 5.41) is 1.78. The molecule has 1 heterocycles. The number of alkyl halides is 3. The van der Waals surface area contributed by atoms with Gasteiger partial charge in [0.05, 0.1) is 39.8 Å². The second-order valence-electron chi connectivity index (χ2n) is 7.26. The number of hydrogen-bond acceptors (Lipinski definition) is 4. The van der Waals surface area contributed by atoms with Crippen molar-refractivity contribution in [1.29, 1.82) is 0 Å². The van der Waals surface area contributed by atoms with E-state index in [2.05, 4.69) is 0 Å². The number of halogens is 4. The number of rotatable bonds is 4. The van der Waals surface area contributed by atoms with Gasteiger partial charge in [-0.15, -0.1) is 0 Å². The molecule has 0 aliphatic carbocycles. The van der Waals surface area contributed by atoms with Crippen LogP contribution in [0.15, 0.2) is 82.6 Å². The molecule has 0 bridgehead atoms. The lowest BCUT2D eigenvalue weighted by molar-refractivity contribution is -0.137. The van der Waals surface area contributed by atoms with Crippen LogP contribution in [0.5, 0.6) is 0 Å². The lowest BCUT2D eigenvalue weighted by atomic mass is 10.2. The van der Waals surface area contributed by atoms with Crippen molar-refractivity contribution in [2.24, 2.45) is 0 Å². The monoisotopic (exact) mass is 528 g/mol. The topological polar surface area (TPSA) is 74.8 Å². The largest absolute Gasteiger partial charge is 0.416 e. The maximum absolute atomic E-state index is 13.8. The van der Waals surface area contributed by atoms with Crippen molar-refractivity contribution < 1.29 is 30.6 Å². The number of para-hydroxylation sites is 2. The van der Waals surface area contributed by atoms with E-state index in [1.54, 1.807) is 12.1 Å². The average molecular weight is 529 g/mol. The molecular formula is C22H16ClF3N2O4S2. The van der Waals surface area contributed by atoms with Gasteiger partial charge < -0.3 is 0 Å². The molecule has 0 amide bonds. The summed E-state index contributed by atoms with van der Waals surface area (Å²) in [6, 6.07) is 15.2. The van der Waals surface area contributed by atoms with Gasteiger partial charge in [0.25, 0.3) is 10.0 Å². The molecule has 3 aromatic rings. The number of anilines is 2. The smallest absolute Gasteiger partial charge is 0.283 e. The quantitative estimate of drug-likeness (QED) is 0.460. The summed E-state index contributed by atoms with van der Waals surface area (Å²) in [6.07, 6.45) is -4.71. The third-order valence-corrected chi connectivity index (χ3v) is 9.43. The number of benzene rings is 3. The van der Waals surface area contributed by atoms with Crippen molar-refractivity contribution in [3.63, 3.8) is 0 Å². The average Bonchev–Trinajstić information content (AvgIpc) is 2.82. The minimum absolute atomic E-state index is 0.0271. The summed E-state index contributed by atoms with van der Waals surface area (Å²) in [5.74, 6) is 0. The summed E-state index contributed by atoms with van der Waals surface area (Å²) in [5.41, 5.74) is -0.832. The standard InChI is InChI=1S/C22H16ClF3N2O4S2/c23-17-8-10-18(11-9-17)34(31,32)28-13-12-27(20-6-1-2-7-21(20)28)33(30,15-29)19-5-3-4-16(14-19)22(24,25)26/h1-11,14H,12-13H2. The summed E-state index contributed by atoms with van der Waals surface area (Å²) in [6.45, 7) is -0.437. The Bertz CT molecular complexity index is 1500. The van der Waals surface area contributed by atoms with E-state index in [1.807, 2.05) is 0 Å². The van der Waals surface area contributed by atoms with E-state index in [0.717, 1.165) is 26.8 Å². The predicted octanol–water partition coefficient (Wildman–Crippen LogP) is 4.70. The molecule has 0 N–H and O–H groups in total. The summed E-state index contributed by atoms with van der Waals surface area (Å²) >= 11 is 5.86. The van der Waals surface area contributed by atoms with Crippen molar-refractivity contribution in [3.8, 4) is 0 Å². The highest BCUT2D eigenvalue weighted by atomic mass is 35.5. The van der Waals surface area contributed by atoms with Crippen LogP contribution in [0.1, 0.15) is 5.56 Å². The molecule has 34 heavy (non-hydrogen) atoms. The Kier molecular flexibility index (Phi) is 6.15. The van der Waals surface area contributed by atoms with Gasteiger partial charge in [0, 0.05) is 5.02 Å². The van der Waals surface area contributed by atoms with Gasteiger partial charge in [-0.05, 0) is 54.6 Å². The van der Waals surface area contributed by atoms with Crippen molar-refractivity contribution in [2.45, 2.75) is 16.0 Å². The Morgan fingerprint density at radius 3 is 1.97 bits per heavy atom. The zero-order chi connectivity index (χ0) is 24.7. The predicted molar refractivity (Wildman–Crippen MR) is 123 cm³/mol. The molecule has 1 unspecified atom stereocenters. The molecule has 6 nitrogen and oxygen atoms in total. The summed E-state index contributed by atoms with van der Waals surface area (Å²) < 4.78 is 82.3. The van der Waals surface area contributed by atoms with E-state index in [9.17, 15) is 30.6 Å². The number of fused-ring (bicyclic) bond motifs is 1. The zero-order valence-electron chi connectivity index (χ0n) is 17.2. The van der Waals surface area contributed by atoms with Gasteiger partial charge in [-0.3, -0.25) is 8.61 Å². The van der Waals surface area contributed by atoms with Crippen LogP contribution in [0.4, 0.5) is 24.5 Å². The Morgan fingerprint density at radius 1 is 0.794 bits per heavy atom. The minimum Gasteiger partial charge on any atom is -0.283 e. The molecule has 178 valence electrons. The van der Waals surface area contributed by atoms with Crippen LogP contribution in [0.2, 0.25) is 5.02 Å². The molecule has 0 saturated carbocycles. The lowest BCUT2D eigenvalue weighted by Crippen LogP contribution is -2.46. The third kappa shape index (κ3) is 4.16. The van der Waals surface area contributed by atoms with Gasteiger partial charge >= 0.3 is 6.18 Å². The Labute approximate surface area is 199 Å². The zero-order valence-corrected chi connectivity index (χ0v) is 19.6. The molecule has 0 fully saturated rings. The van der Waals surface area contributed by atoms with Crippen LogP contribution < -0.4 is 8.61 Å². The summed E-state index contributed by atoms with van der Waals surface area (Å²) in [4.78, 5) is 11.6. The van der Waals surface area contributed by atoms with Crippen LogP contribution >= 0.6 is 11.6 Å².